The van der Waals surface area contributed by atoms with E-state index < -0.39 is 25.0 Å². The minimum absolute atomic E-state index is 0.0809. The summed E-state index contributed by atoms with van der Waals surface area (Å²) in [5.41, 5.74) is 3.32. The third kappa shape index (κ3) is 4.80. The Labute approximate surface area is 237 Å². The van der Waals surface area contributed by atoms with Crippen LogP contribution in [0.1, 0.15) is 37.5 Å². The largest absolute Gasteiger partial charge is 0.356 e. The molecule has 2 fully saturated rings. The maximum absolute atomic E-state index is 14.0. The fourth-order valence-electron chi connectivity index (χ4n) is 5.40. The number of hydrogen-bond acceptors (Lipinski definition) is 5. The second-order valence-corrected chi connectivity index (χ2v) is 18.3. The van der Waals surface area contributed by atoms with Crippen LogP contribution >= 0.6 is 11.8 Å². The minimum Gasteiger partial charge on any atom is -0.356 e. The number of carbonyl (C=O) groups is 2. The van der Waals surface area contributed by atoms with Crippen molar-refractivity contribution in [1.82, 2.24) is 4.57 Å². The second-order valence-electron chi connectivity index (χ2n) is 11.8. The fourth-order valence-corrected chi connectivity index (χ4v) is 10.3. The van der Waals surface area contributed by atoms with E-state index in [9.17, 15) is 9.59 Å². The number of ketones is 1. The first-order chi connectivity index (χ1) is 18.6. The average molecular weight is 560 g/mol. The van der Waals surface area contributed by atoms with Gasteiger partial charge in [0, 0.05) is 0 Å². The maximum atomic E-state index is 14.0. The Morgan fingerprint density at radius 2 is 1.31 bits per heavy atom. The summed E-state index contributed by atoms with van der Waals surface area (Å²) >= 11 is 1.71. The highest BCUT2D eigenvalue weighted by Crippen LogP contribution is 2.57. The molecule has 0 spiro atoms. The van der Waals surface area contributed by atoms with Crippen LogP contribution in [-0.2, 0) is 23.8 Å². The van der Waals surface area contributed by atoms with Crippen molar-refractivity contribution in [1.29, 1.82) is 0 Å². The Morgan fingerprint density at radius 3 is 1.69 bits per heavy atom. The van der Waals surface area contributed by atoms with Crippen LogP contribution < -0.4 is 0 Å². The van der Waals surface area contributed by atoms with Gasteiger partial charge in [0.25, 0.3) is 0 Å². The average Bonchev–Trinajstić information content (AvgIpc) is 3.47. The smallest absolute Gasteiger partial charge is 0.229 e. The Bertz CT molecular complexity index is 1210. The van der Waals surface area contributed by atoms with Crippen molar-refractivity contribution in [3.05, 3.63) is 108 Å². The van der Waals surface area contributed by atoms with E-state index in [1.54, 1.807) is 11.8 Å². The molecule has 0 aliphatic carbocycles. The molecule has 3 aromatic carbocycles. The van der Waals surface area contributed by atoms with Gasteiger partial charge >= 0.3 is 0 Å². The van der Waals surface area contributed by atoms with Crippen LogP contribution in [0.3, 0.4) is 0 Å². The molecule has 0 bridgehead atoms. The van der Waals surface area contributed by atoms with Gasteiger partial charge in [0.1, 0.15) is 18.8 Å². The van der Waals surface area contributed by atoms with E-state index in [1.807, 2.05) is 18.2 Å². The SMILES string of the molecule is CC(C)(C)[Si](C)(C)N1C(=O)[C@H](C(=O)C2COCO2)[C@H]1SC(c1ccccc1)(c1ccccc1)c1ccccc1. The van der Waals surface area contributed by atoms with E-state index in [2.05, 4.69) is 111 Å². The molecule has 3 atom stereocenters. The summed E-state index contributed by atoms with van der Waals surface area (Å²) in [4.78, 5) is 27.8. The quantitative estimate of drug-likeness (QED) is 0.138. The monoisotopic (exact) mass is 559 g/mol. The van der Waals surface area contributed by atoms with E-state index in [1.165, 1.54) is 0 Å². The highest BCUT2D eigenvalue weighted by atomic mass is 32.2. The maximum Gasteiger partial charge on any atom is 0.229 e. The Balaban J connectivity index is 1.71. The lowest BCUT2D eigenvalue weighted by Crippen LogP contribution is -2.74. The number of Topliss-reactive ketones (excluding diaryl/α,β-unsaturated/α-hetero) is 1. The number of benzene rings is 3. The van der Waals surface area contributed by atoms with Crippen LogP contribution in [-0.4, -0.2) is 49.4 Å². The molecule has 1 unspecified atom stereocenters. The van der Waals surface area contributed by atoms with Crippen LogP contribution in [0.25, 0.3) is 0 Å². The molecule has 2 aliphatic heterocycles. The van der Waals surface area contributed by atoms with Gasteiger partial charge in [-0.25, -0.2) is 0 Å². The molecular formula is C32H37NO4SSi. The number of hydrogen-bond donors (Lipinski definition) is 0. The molecule has 39 heavy (non-hydrogen) atoms. The van der Waals surface area contributed by atoms with Crippen molar-refractivity contribution in [3.8, 4) is 0 Å². The van der Waals surface area contributed by atoms with Gasteiger partial charge in [0.15, 0.2) is 14.0 Å². The van der Waals surface area contributed by atoms with Crippen molar-refractivity contribution in [3.63, 3.8) is 0 Å². The molecule has 5 rings (SSSR count). The number of nitrogens with zero attached hydrogens (tertiary/aromatic N) is 1. The lowest BCUT2D eigenvalue weighted by Gasteiger charge is -2.59. The summed E-state index contributed by atoms with van der Waals surface area (Å²) in [6.45, 7) is 11.4. The molecule has 3 aromatic rings. The number of amides is 1. The molecule has 2 saturated heterocycles. The van der Waals surface area contributed by atoms with Crippen LogP contribution in [0, 0.1) is 5.92 Å². The number of thioether (sulfide) groups is 1. The van der Waals surface area contributed by atoms with Crippen molar-refractivity contribution < 1.29 is 19.1 Å². The van der Waals surface area contributed by atoms with Crippen molar-refractivity contribution in [2.45, 2.75) is 55.1 Å². The van der Waals surface area contributed by atoms with Gasteiger partial charge in [0.05, 0.1) is 16.7 Å². The zero-order valence-corrected chi connectivity index (χ0v) is 25.1. The van der Waals surface area contributed by atoms with Gasteiger partial charge in [0.2, 0.25) is 5.91 Å². The first-order valence-electron chi connectivity index (χ1n) is 13.5. The van der Waals surface area contributed by atoms with E-state index in [-0.39, 0.29) is 35.5 Å². The van der Waals surface area contributed by atoms with E-state index in [0.29, 0.717) is 0 Å². The third-order valence-corrected chi connectivity index (χ3v) is 15.9. The van der Waals surface area contributed by atoms with Gasteiger partial charge in [-0.2, -0.15) is 0 Å². The Morgan fingerprint density at radius 1 is 0.846 bits per heavy atom. The van der Waals surface area contributed by atoms with Crippen molar-refractivity contribution >= 4 is 31.7 Å². The topological polar surface area (TPSA) is 55.8 Å². The predicted octanol–water partition coefficient (Wildman–Crippen LogP) is 6.44. The van der Waals surface area contributed by atoms with Gasteiger partial charge in [-0.05, 0) is 21.7 Å². The second kappa shape index (κ2) is 10.7. The first kappa shape index (κ1) is 27.8. The lowest BCUT2D eigenvalue weighted by atomic mass is 9.84. The van der Waals surface area contributed by atoms with Crippen molar-refractivity contribution in [2.24, 2.45) is 5.92 Å². The molecular weight excluding hydrogens is 523 g/mol. The minimum atomic E-state index is -2.34. The van der Waals surface area contributed by atoms with Crippen LogP contribution in [0.15, 0.2) is 91.0 Å². The fraction of sp³-hybridized carbons (Fsp3) is 0.375. The van der Waals surface area contributed by atoms with Crippen LogP contribution in [0.4, 0.5) is 0 Å². The zero-order chi connectivity index (χ0) is 27.8. The third-order valence-electron chi connectivity index (χ3n) is 8.56. The summed E-state index contributed by atoms with van der Waals surface area (Å²) in [6, 6.07) is 31.3. The summed E-state index contributed by atoms with van der Waals surface area (Å²) in [5, 5.41) is -0.437. The molecule has 204 valence electrons. The molecule has 0 N–H and O–H groups in total. The molecule has 0 aromatic heterocycles. The first-order valence-corrected chi connectivity index (χ1v) is 17.3. The summed E-state index contributed by atoms with van der Waals surface area (Å²) < 4.78 is 12.4. The van der Waals surface area contributed by atoms with Crippen molar-refractivity contribution in [2.75, 3.05) is 13.4 Å². The highest BCUT2D eigenvalue weighted by Gasteiger charge is 2.63. The van der Waals surface area contributed by atoms with Gasteiger partial charge in [-0.3, -0.25) is 9.59 Å². The van der Waals surface area contributed by atoms with E-state index >= 15 is 0 Å². The predicted molar refractivity (Wildman–Crippen MR) is 159 cm³/mol. The standard InChI is InChI=1S/C32H37NO4SSi/c1-31(2,3)39(4,5)33-29(35)27(28(34)26-21-36-22-37-26)30(33)38-32(23-15-9-6-10-16-23,24-17-11-7-12-18-24)25-19-13-8-14-20-25/h6-20,26-27,30H,21-22H2,1-5H3/t26?,27-,30+/m0/s1. The molecule has 0 saturated carbocycles. The zero-order valence-electron chi connectivity index (χ0n) is 23.3. The number of carbonyl (C=O) groups excluding carboxylic acids is 2. The lowest BCUT2D eigenvalue weighted by molar-refractivity contribution is -0.153. The number of β-lactam (4-membered cyclic amide) rings is 1. The number of ether oxygens (including phenoxy) is 2. The Hall–Kier alpha value is -2.71. The molecule has 2 heterocycles. The van der Waals surface area contributed by atoms with Crippen LogP contribution in [0.2, 0.25) is 18.1 Å². The molecule has 1 amide bonds. The summed E-state index contributed by atoms with van der Waals surface area (Å²) in [6.07, 6.45) is -0.705. The highest BCUT2D eigenvalue weighted by molar-refractivity contribution is 8.01. The Kier molecular flexibility index (Phi) is 7.63. The van der Waals surface area contributed by atoms with E-state index in [0.717, 1.165) is 16.7 Å². The molecule has 7 heteroatoms. The van der Waals surface area contributed by atoms with Crippen LogP contribution in [0.5, 0.6) is 0 Å². The summed E-state index contributed by atoms with van der Waals surface area (Å²) in [7, 11) is -2.34. The summed E-state index contributed by atoms with van der Waals surface area (Å²) in [5.74, 6) is -1.04. The molecule has 5 nitrogen and oxygen atoms in total. The van der Waals surface area contributed by atoms with Gasteiger partial charge in [-0.15, -0.1) is 11.8 Å². The number of rotatable bonds is 8. The van der Waals surface area contributed by atoms with E-state index in [4.69, 9.17) is 9.47 Å². The van der Waals surface area contributed by atoms with Gasteiger partial charge in [-0.1, -0.05) is 125 Å². The normalized spacial score (nSPS) is 22.0. The van der Waals surface area contributed by atoms with Gasteiger partial charge < -0.3 is 14.0 Å². The molecule has 0 radical (unpaired) electrons. The molecule has 2 aliphatic rings.